The average Bonchev–Trinajstić information content (AvgIpc) is 2.98. The lowest BCUT2D eigenvalue weighted by Crippen LogP contribution is -2.40. The van der Waals surface area contributed by atoms with Gasteiger partial charge in [0.15, 0.2) is 5.96 Å². The second-order valence-electron chi connectivity index (χ2n) is 5.62. The number of aliphatic hydroxyl groups is 1. The maximum absolute atomic E-state index is 8.92. The number of aliphatic hydroxyl groups excluding tert-OH is 1. The summed E-state index contributed by atoms with van der Waals surface area (Å²) in [5, 5.41) is 15.3. The van der Waals surface area contributed by atoms with Gasteiger partial charge in [0.1, 0.15) is 0 Å². The van der Waals surface area contributed by atoms with Crippen LogP contribution in [0.3, 0.4) is 0 Å². The molecule has 1 fully saturated rings. The first kappa shape index (κ1) is 20.2. The molecule has 0 spiro atoms. The predicted octanol–water partition coefficient (Wildman–Crippen LogP) is 1.82. The van der Waals surface area contributed by atoms with Crippen molar-refractivity contribution >= 4 is 29.9 Å². The van der Waals surface area contributed by atoms with E-state index in [1.807, 2.05) is 6.92 Å². The van der Waals surface area contributed by atoms with E-state index in [4.69, 9.17) is 5.11 Å². The lowest BCUT2D eigenvalue weighted by atomic mass is 10.2. The van der Waals surface area contributed by atoms with E-state index in [0.717, 1.165) is 32.1 Å². The van der Waals surface area contributed by atoms with E-state index in [1.54, 1.807) is 0 Å². The molecule has 3 N–H and O–H groups in total. The van der Waals surface area contributed by atoms with Gasteiger partial charge in [-0.15, -0.1) is 24.0 Å². The van der Waals surface area contributed by atoms with Crippen LogP contribution >= 0.6 is 24.0 Å². The molecular formula is C17H29IN4O. The Balaban J connectivity index is 0.00000264. The van der Waals surface area contributed by atoms with Gasteiger partial charge in [-0.1, -0.05) is 30.3 Å². The summed E-state index contributed by atoms with van der Waals surface area (Å²) in [5.74, 6) is 0.795. The molecule has 1 aromatic rings. The number of guanidine groups is 1. The van der Waals surface area contributed by atoms with Gasteiger partial charge in [0.25, 0.3) is 0 Å². The number of rotatable bonds is 7. The van der Waals surface area contributed by atoms with Crippen molar-refractivity contribution in [3.63, 3.8) is 0 Å². The first-order chi connectivity index (χ1) is 10.8. The fourth-order valence-corrected chi connectivity index (χ4v) is 2.84. The van der Waals surface area contributed by atoms with Gasteiger partial charge < -0.3 is 15.7 Å². The zero-order valence-corrected chi connectivity index (χ0v) is 16.2. The van der Waals surface area contributed by atoms with Crippen LogP contribution in [0.2, 0.25) is 0 Å². The Kier molecular flexibility index (Phi) is 10.2. The molecule has 1 atom stereocenters. The van der Waals surface area contributed by atoms with E-state index in [9.17, 15) is 0 Å². The number of halogens is 1. The van der Waals surface area contributed by atoms with E-state index in [2.05, 4.69) is 50.9 Å². The van der Waals surface area contributed by atoms with Crippen LogP contribution in [-0.2, 0) is 6.54 Å². The molecule has 0 aliphatic carbocycles. The third-order valence-corrected chi connectivity index (χ3v) is 3.94. The summed E-state index contributed by atoms with van der Waals surface area (Å²) in [6, 6.07) is 11.1. The molecule has 1 unspecified atom stereocenters. The van der Waals surface area contributed by atoms with Crippen LogP contribution in [-0.4, -0.2) is 54.8 Å². The summed E-state index contributed by atoms with van der Waals surface area (Å²) in [6.07, 6.45) is 2.45. The van der Waals surface area contributed by atoms with E-state index in [-0.39, 0.29) is 30.6 Å². The van der Waals surface area contributed by atoms with Crippen LogP contribution in [0.4, 0.5) is 0 Å². The summed E-state index contributed by atoms with van der Waals surface area (Å²) < 4.78 is 0. The molecule has 1 aliphatic rings. The molecule has 0 bridgehead atoms. The Morgan fingerprint density at radius 3 is 2.78 bits per heavy atom. The largest absolute Gasteiger partial charge is 0.395 e. The first-order valence-corrected chi connectivity index (χ1v) is 8.24. The smallest absolute Gasteiger partial charge is 0.191 e. The fourth-order valence-electron chi connectivity index (χ4n) is 2.84. The van der Waals surface area contributed by atoms with Gasteiger partial charge >= 0.3 is 0 Å². The number of hydrogen-bond acceptors (Lipinski definition) is 3. The van der Waals surface area contributed by atoms with Crippen molar-refractivity contribution in [3.8, 4) is 0 Å². The van der Waals surface area contributed by atoms with E-state index >= 15 is 0 Å². The second kappa shape index (κ2) is 11.6. The molecule has 23 heavy (non-hydrogen) atoms. The quantitative estimate of drug-likeness (QED) is 0.350. The first-order valence-electron chi connectivity index (χ1n) is 8.24. The monoisotopic (exact) mass is 432 g/mol. The zero-order chi connectivity index (χ0) is 15.6. The highest BCUT2D eigenvalue weighted by molar-refractivity contribution is 14.0. The highest BCUT2D eigenvalue weighted by Crippen LogP contribution is 2.20. The molecule has 1 aliphatic heterocycles. The molecule has 6 heteroatoms. The molecule has 0 radical (unpaired) electrons. The fraction of sp³-hybridized carbons (Fsp3) is 0.588. The van der Waals surface area contributed by atoms with Crippen LogP contribution < -0.4 is 10.6 Å². The minimum atomic E-state index is 0. The summed E-state index contributed by atoms with van der Waals surface area (Å²) in [6.45, 7) is 6.48. The molecule has 5 nitrogen and oxygen atoms in total. The van der Waals surface area contributed by atoms with Crippen LogP contribution in [0.5, 0.6) is 0 Å². The standard InChI is InChI=1S/C17H28N4O.HI/c1-2-18-17(19-10-12-22)20-13-16-9-6-11-21(16)14-15-7-4-3-5-8-15;/h3-5,7-8,16,22H,2,6,9-14H2,1H3,(H2,18,19,20);1H. The third kappa shape index (κ3) is 7.05. The number of benzene rings is 1. The van der Waals surface area contributed by atoms with Gasteiger partial charge in [0, 0.05) is 25.7 Å². The Morgan fingerprint density at radius 2 is 2.09 bits per heavy atom. The molecule has 0 saturated carbocycles. The second-order valence-corrected chi connectivity index (χ2v) is 5.62. The number of nitrogens with zero attached hydrogens (tertiary/aromatic N) is 2. The molecule has 130 valence electrons. The maximum Gasteiger partial charge on any atom is 0.191 e. The Hall–Kier alpha value is -0.860. The minimum absolute atomic E-state index is 0. The van der Waals surface area contributed by atoms with Gasteiger partial charge in [-0.05, 0) is 31.9 Å². The normalized spacial score (nSPS) is 18.5. The van der Waals surface area contributed by atoms with E-state index in [1.165, 1.54) is 18.4 Å². The number of nitrogens with one attached hydrogen (secondary N) is 2. The lowest BCUT2D eigenvalue weighted by Gasteiger charge is -2.23. The Bertz CT molecular complexity index is 455. The van der Waals surface area contributed by atoms with Crippen molar-refractivity contribution in [1.82, 2.24) is 15.5 Å². The van der Waals surface area contributed by atoms with Crippen LogP contribution in [0.25, 0.3) is 0 Å². The lowest BCUT2D eigenvalue weighted by molar-refractivity contribution is 0.250. The Labute approximate surface area is 156 Å². The highest BCUT2D eigenvalue weighted by atomic mass is 127. The van der Waals surface area contributed by atoms with Gasteiger partial charge in [-0.3, -0.25) is 9.89 Å². The van der Waals surface area contributed by atoms with Crippen molar-refractivity contribution in [2.45, 2.75) is 32.4 Å². The SMILES string of the molecule is CCNC(=NCC1CCCN1Cc1ccccc1)NCCO.I. The molecule has 0 amide bonds. The topological polar surface area (TPSA) is 59.9 Å². The van der Waals surface area contributed by atoms with Crippen LogP contribution in [0, 0.1) is 0 Å². The number of likely N-dealkylation sites (tertiary alicyclic amines) is 1. The zero-order valence-electron chi connectivity index (χ0n) is 13.9. The van der Waals surface area contributed by atoms with Crippen molar-refractivity contribution in [2.24, 2.45) is 4.99 Å². The molecule has 2 rings (SSSR count). The molecule has 1 aromatic carbocycles. The number of aliphatic imine (C=N–C) groups is 1. The van der Waals surface area contributed by atoms with E-state index in [0.29, 0.717) is 12.6 Å². The van der Waals surface area contributed by atoms with Crippen LogP contribution in [0.1, 0.15) is 25.3 Å². The Morgan fingerprint density at radius 1 is 1.30 bits per heavy atom. The maximum atomic E-state index is 8.92. The highest BCUT2D eigenvalue weighted by Gasteiger charge is 2.24. The van der Waals surface area contributed by atoms with Gasteiger partial charge in [-0.25, -0.2) is 0 Å². The van der Waals surface area contributed by atoms with E-state index < -0.39 is 0 Å². The average molecular weight is 432 g/mol. The molecule has 0 aromatic heterocycles. The molecular weight excluding hydrogens is 403 g/mol. The van der Waals surface area contributed by atoms with Crippen molar-refractivity contribution in [1.29, 1.82) is 0 Å². The van der Waals surface area contributed by atoms with Crippen molar-refractivity contribution < 1.29 is 5.11 Å². The predicted molar refractivity (Wildman–Crippen MR) is 106 cm³/mol. The van der Waals surface area contributed by atoms with Crippen LogP contribution in [0.15, 0.2) is 35.3 Å². The minimum Gasteiger partial charge on any atom is -0.395 e. The molecule has 1 heterocycles. The van der Waals surface area contributed by atoms with Gasteiger partial charge in [-0.2, -0.15) is 0 Å². The van der Waals surface area contributed by atoms with Gasteiger partial charge in [0.05, 0.1) is 13.2 Å². The summed E-state index contributed by atoms with van der Waals surface area (Å²) in [4.78, 5) is 7.19. The third-order valence-electron chi connectivity index (χ3n) is 3.94. The number of hydrogen-bond donors (Lipinski definition) is 3. The molecule has 1 saturated heterocycles. The van der Waals surface area contributed by atoms with Crippen molar-refractivity contribution in [2.75, 3.05) is 32.8 Å². The van der Waals surface area contributed by atoms with Gasteiger partial charge in [0.2, 0.25) is 0 Å². The summed E-state index contributed by atoms with van der Waals surface area (Å²) in [5.41, 5.74) is 1.36. The summed E-state index contributed by atoms with van der Waals surface area (Å²) in [7, 11) is 0. The summed E-state index contributed by atoms with van der Waals surface area (Å²) >= 11 is 0. The van der Waals surface area contributed by atoms with Crippen molar-refractivity contribution in [3.05, 3.63) is 35.9 Å².